The number of rotatable bonds is 3. The standard InChI is InChI=1S/C9H10NO3/c1-13-8-4-2-7(3-5-8)6-10-9(11)12/h2-5,10H,6H2,1H3. The molecule has 0 atom stereocenters. The number of carbonyl (C=O) groups is 1. The Kier molecular flexibility index (Phi) is 3.14. The number of ether oxygens (including phenoxy) is 1. The van der Waals surface area contributed by atoms with Crippen molar-refractivity contribution in [2.24, 2.45) is 0 Å². The van der Waals surface area contributed by atoms with E-state index in [-0.39, 0.29) is 6.54 Å². The Morgan fingerprint density at radius 3 is 2.46 bits per heavy atom. The molecule has 0 aliphatic heterocycles. The van der Waals surface area contributed by atoms with Gasteiger partial charge < -0.3 is 10.1 Å². The third-order valence-electron chi connectivity index (χ3n) is 1.60. The Labute approximate surface area is 76.1 Å². The van der Waals surface area contributed by atoms with E-state index in [0.717, 1.165) is 11.3 Å². The smallest absolute Gasteiger partial charge is 0.450 e. The maximum absolute atomic E-state index is 10.0. The molecular formula is C9H10NO3. The van der Waals surface area contributed by atoms with Crippen molar-refractivity contribution in [3.63, 3.8) is 0 Å². The summed E-state index contributed by atoms with van der Waals surface area (Å²) < 4.78 is 4.95. The fourth-order valence-electron chi connectivity index (χ4n) is 0.918. The first-order valence-corrected chi connectivity index (χ1v) is 3.80. The van der Waals surface area contributed by atoms with Crippen LogP contribution in [0, 0.1) is 0 Å². The summed E-state index contributed by atoms with van der Waals surface area (Å²) in [5, 5.41) is 12.2. The highest BCUT2D eigenvalue weighted by Crippen LogP contribution is 2.10. The number of carbonyl (C=O) groups excluding carboxylic acids is 1. The van der Waals surface area contributed by atoms with E-state index in [1.165, 1.54) is 0 Å². The van der Waals surface area contributed by atoms with Gasteiger partial charge in [-0.05, 0) is 17.7 Å². The molecule has 1 N–H and O–H groups in total. The van der Waals surface area contributed by atoms with Gasteiger partial charge in [-0.3, -0.25) is 0 Å². The van der Waals surface area contributed by atoms with E-state index in [1.807, 2.05) is 0 Å². The lowest BCUT2D eigenvalue weighted by molar-refractivity contribution is 0.168. The van der Waals surface area contributed by atoms with Crippen molar-refractivity contribution in [2.75, 3.05) is 7.11 Å². The minimum Gasteiger partial charge on any atom is -0.497 e. The van der Waals surface area contributed by atoms with E-state index >= 15 is 0 Å². The summed E-state index contributed by atoms with van der Waals surface area (Å²) in [6.45, 7) is 0.256. The Hall–Kier alpha value is -1.71. The molecule has 69 valence electrons. The largest absolute Gasteiger partial charge is 0.497 e. The molecule has 0 bridgehead atoms. The fraction of sp³-hybridized carbons (Fsp3) is 0.222. The van der Waals surface area contributed by atoms with E-state index in [0.29, 0.717) is 0 Å². The number of amides is 1. The summed E-state index contributed by atoms with van der Waals surface area (Å²) in [5.74, 6) is 0.747. The van der Waals surface area contributed by atoms with Crippen LogP contribution in [-0.2, 0) is 11.7 Å². The molecule has 1 rings (SSSR count). The molecule has 0 saturated heterocycles. The third-order valence-corrected chi connectivity index (χ3v) is 1.60. The molecule has 0 saturated carbocycles. The molecule has 0 heterocycles. The van der Waals surface area contributed by atoms with Gasteiger partial charge in [0.05, 0.1) is 7.11 Å². The Morgan fingerprint density at radius 1 is 1.38 bits per heavy atom. The molecule has 0 aliphatic carbocycles. The second-order valence-electron chi connectivity index (χ2n) is 2.49. The second-order valence-corrected chi connectivity index (χ2v) is 2.49. The van der Waals surface area contributed by atoms with Crippen LogP contribution in [0.1, 0.15) is 5.56 Å². The van der Waals surface area contributed by atoms with Gasteiger partial charge in [0.1, 0.15) is 5.75 Å². The molecular weight excluding hydrogens is 170 g/mol. The van der Waals surface area contributed by atoms with Crippen LogP contribution in [-0.4, -0.2) is 13.2 Å². The minimum atomic E-state index is -1.27. The first-order valence-electron chi connectivity index (χ1n) is 3.80. The zero-order valence-electron chi connectivity index (χ0n) is 7.24. The Bertz CT molecular complexity index is 281. The van der Waals surface area contributed by atoms with Crippen molar-refractivity contribution in [1.82, 2.24) is 5.32 Å². The molecule has 1 amide bonds. The van der Waals surface area contributed by atoms with Crippen LogP contribution in [0.25, 0.3) is 0 Å². The molecule has 0 fully saturated rings. The van der Waals surface area contributed by atoms with Gasteiger partial charge in [-0.25, -0.2) is 9.90 Å². The van der Waals surface area contributed by atoms with Crippen LogP contribution < -0.4 is 10.1 Å². The molecule has 4 heteroatoms. The summed E-state index contributed by atoms with van der Waals surface area (Å²) in [7, 11) is 1.58. The minimum absolute atomic E-state index is 0.256. The fourth-order valence-corrected chi connectivity index (χ4v) is 0.918. The maximum atomic E-state index is 10.0. The molecule has 0 aliphatic rings. The van der Waals surface area contributed by atoms with Gasteiger partial charge >= 0.3 is 6.09 Å². The van der Waals surface area contributed by atoms with Crippen LogP contribution in [0.2, 0.25) is 0 Å². The molecule has 1 aromatic rings. The van der Waals surface area contributed by atoms with Crippen LogP contribution in [0.4, 0.5) is 4.79 Å². The summed E-state index contributed by atoms with van der Waals surface area (Å²) in [6.07, 6.45) is -1.27. The van der Waals surface area contributed by atoms with Crippen molar-refractivity contribution < 1.29 is 14.6 Å². The number of benzene rings is 1. The van der Waals surface area contributed by atoms with E-state index in [1.54, 1.807) is 31.4 Å². The normalized spacial score (nSPS) is 9.31. The quantitative estimate of drug-likeness (QED) is 0.762. The topological polar surface area (TPSA) is 58.2 Å². The van der Waals surface area contributed by atoms with E-state index in [2.05, 4.69) is 5.32 Å². The summed E-state index contributed by atoms with van der Waals surface area (Å²) in [5.41, 5.74) is 0.866. The third kappa shape index (κ3) is 3.02. The SMILES string of the molecule is COc1ccc(CNC([O])=O)cc1. The average molecular weight is 180 g/mol. The van der Waals surface area contributed by atoms with Crippen LogP contribution in [0.5, 0.6) is 5.75 Å². The summed E-state index contributed by atoms with van der Waals surface area (Å²) in [6, 6.07) is 7.11. The van der Waals surface area contributed by atoms with Gasteiger partial charge in [0.25, 0.3) is 0 Å². The van der Waals surface area contributed by atoms with Crippen LogP contribution in [0.3, 0.4) is 0 Å². The number of nitrogens with one attached hydrogen (secondary N) is 1. The van der Waals surface area contributed by atoms with Crippen molar-refractivity contribution in [2.45, 2.75) is 6.54 Å². The maximum Gasteiger partial charge on any atom is 0.450 e. The summed E-state index contributed by atoms with van der Waals surface area (Å²) in [4.78, 5) is 10.0. The number of methoxy groups -OCH3 is 1. The summed E-state index contributed by atoms with van der Waals surface area (Å²) >= 11 is 0. The first kappa shape index (κ1) is 9.38. The predicted octanol–water partition coefficient (Wildman–Crippen LogP) is 1.34. The van der Waals surface area contributed by atoms with Crippen molar-refractivity contribution >= 4 is 6.09 Å². The van der Waals surface area contributed by atoms with Crippen molar-refractivity contribution in [1.29, 1.82) is 0 Å². The lowest BCUT2D eigenvalue weighted by Gasteiger charge is -2.02. The zero-order chi connectivity index (χ0) is 9.68. The highest BCUT2D eigenvalue weighted by atomic mass is 16.5. The van der Waals surface area contributed by atoms with Gasteiger partial charge in [0.15, 0.2) is 0 Å². The van der Waals surface area contributed by atoms with Gasteiger partial charge in [0, 0.05) is 6.54 Å². The molecule has 0 spiro atoms. The lowest BCUT2D eigenvalue weighted by atomic mass is 10.2. The van der Waals surface area contributed by atoms with Crippen LogP contribution in [0.15, 0.2) is 24.3 Å². The van der Waals surface area contributed by atoms with Gasteiger partial charge in [-0.1, -0.05) is 12.1 Å². The van der Waals surface area contributed by atoms with E-state index in [9.17, 15) is 9.90 Å². The van der Waals surface area contributed by atoms with Gasteiger partial charge in [-0.15, -0.1) is 0 Å². The van der Waals surface area contributed by atoms with Crippen molar-refractivity contribution in [3.8, 4) is 5.75 Å². The highest BCUT2D eigenvalue weighted by Gasteiger charge is 1.98. The molecule has 4 nitrogen and oxygen atoms in total. The van der Waals surface area contributed by atoms with Gasteiger partial charge in [0.2, 0.25) is 0 Å². The van der Waals surface area contributed by atoms with Crippen LogP contribution >= 0.6 is 0 Å². The molecule has 1 radical (unpaired) electrons. The molecule has 0 unspecified atom stereocenters. The van der Waals surface area contributed by atoms with Crippen molar-refractivity contribution in [3.05, 3.63) is 29.8 Å². The Morgan fingerprint density at radius 2 is 2.00 bits per heavy atom. The molecule has 0 aromatic heterocycles. The predicted molar refractivity (Wildman–Crippen MR) is 45.9 cm³/mol. The monoisotopic (exact) mass is 180 g/mol. The number of hydrogen-bond donors (Lipinski definition) is 1. The first-order chi connectivity index (χ1) is 6.22. The molecule has 13 heavy (non-hydrogen) atoms. The molecule has 1 aromatic carbocycles. The average Bonchev–Trinajstić information content (AvgIpc) is 2.15. The zero-order valence-corrected chi connectivity index (χ0v) is 7.24. The van der Waals surface area contributed by atoms with E-state index < -0.39 is 6.09 Å². The van der Waals surface area contributed by atoms with Gasteiger partial charge in [-0.2, -0.15) is 0 Å². The second kappa shape index (κ2) is 4.35. The van der Waals surface area contributed by atoms with E-state index in [4.69, 9.17) is 4.74 Å². The Balaban J connectivity index is 2.54. The lowest BCUT2D eigenvalue weighted by Crippen LogP contribution is -2.18. The number of hydrogen-bond acceptors (Lipinski definition) is 2. The highest BCUT2D eigenvalue weighted by molar-refractivity contribution is 5.63.